The molecule has 0 aliphatic heterocycles. The Kier molecular flexibility index (Phi) is 3.87. The number of hydrogen-bond acceptors (Lipinski definition) is 3. The van der Waals surface area contributed by atoms with E-state index in [1.54, 1.807) is 18.2 Å². The lowest BCUT2D eigenvalue weighted by atomic mass is 9.92. The van der Waals surface area contributed by atoms with Gasteiger partial charge in [-0.1, -0.05) is 12.8 Å². The maximum Gasteiger partial charge on any atom is 0.335 e. The molecule has 0 amide bonds. The zero-order valence-electron chi connectivity index (χ0n) is 10.5. The molecule has 1 saturated carbocycles. The second-order valence-corrected chi connectivity index (χ2v) is 4.94. The van der Waals surface area contributed by atoms with Crippen molar-refractivity contribution in [2.75, 3.05) is 5.32 Å². The quantitative estimate of drug-likeness (QED) is 0.769. The number of benzene rings is 1. The summed E-state index contributed by atoms with van der Waals surface area (Å²) in [5.41, 5.74) is 2.10. The molecule has 2 rings (SSSR count). The molecular weight excluding hydrogens is 230 g/mol. The number of aliphatic hydroxyl groups excluding tert-OH is 1. The van der Waals surface area contributed by atoms with Gasteiger partial charge in [0.2, 0.25) is 0 Å². The van der Waals surface area contributed by atoms with Crippen molar-refractivity contribution in [1.29, 1.82) is 0 Å². The van der Waals surface area contributed by atoms with Crippen LogP contribution in [-0.4, -0.2) is 28.3 Å². The fourth-order valence-electron chi connectivity index (χ4n) is 2.44. The number of carboxylic acids is 1. The zero-order valence-corrected chi connectivity index (χ0v) is 10.5. The van der Waals surface area contributed by atoms with Crippen LogP contribution < -0.4 is 5.32 Å². The number of aliphatic hydroxyl groups is 1. The third-order valence-electron chi connectivity index (χ3n) is 3.54. The molecule has 0 radical (unpaired) electrons. The van der Waals surface area contributed by atoms with E-state index in [-0.39, 0.29) is 12.1 Å². The third-order valence-corrected chi connectivity index (χ3v) is 3.54. The molecule has 1 aliphatic rings. The summed E-state index contributed by atoms with van der Waals surface area (Å²) in [6, 6.07) is 5.10. The number of aromatic carboxylic acids is 1. The van der Waals surface area contributed by atoms with Gasteiger partial charge in [-0.15, -0.1) is 0 Å². The van der Waals surface area contributed by atoms with Crippen LogP contribution in [0.25, 0.3) is 0 Å². The van der Waals surface area contributed by atoms with Gasteiger partial charge in [-0.3, -0.25) is 0 Å². The largest absolute Gasteiger partial charge is 0.478 e. The molecule has 2 atom stereocenters. The highest BCUT2D eigenvalue weighted by Gasteiger charge is 2.23. The molecule has 1 aliphatic carbocycles. The summed E-state index contributed by atoms with van der Waals surface area (Å²) in [5, 5.41) is 22.1. The molecule has 18 heavy (non-hydrogen) atoms. The number of anilines is 1. The summed E-state index contributed by atoms with van der Waals surface area (Å²) in [5.74, 6) is -0.914. The van der Waals surface area contributed by atoms with E-state index in [1.807, 2.05) is 6.92 Å². The van der Waals surface area contributed by atoms with Crippen LogP contribution in [0.4, 0.5) is 5.69 Å². The van der Waals surface area contributed by atoms with Crippen molar-refractivity contribution in [3.63, 3.8) is 0 Å². The summed E-state index contributed by atoms with van der Waals surface area (Å²) in [7, 11) is 0. The minimum atomic E-state index is -0.914. The highest BCUT2D eigenvalue weighted by molar-refractivity contribution is 5.88. The van der Waals surface area contributed by atoms with Crippen molar-refractivity contribution < 1.29 is 15.0 Å². The van der Waals surface area contributed by atoms with E-state index in [0.717, 1.165) is 36.9 Å². The van der Waals surface area contributed by atoms with Crippen LogP contribution in [0, 0.1) is 6.92 Å². The molecule has 1 aromatic carbocycles. The van der Waals surface area contributed by atoms with Gasteiger partial charge in [0, 0.05) is 5.69 Å². The minimum Gasteiger partial charge on any atom is -0.478 e. The van der Waals surface area contributed by atoms with Crippen molar-refractivity contribution in [1.82, 2.24) is 0 Å². The van der Waals surface area contributed by atoms with E-state index in [9.17, 15) is 9.90 Å². The number of carboxylic acid groups (broad SMARTS) is 1. The predicted octanol–water partition coefficient (Wildman–Crippen LogP) is 2.41. The molecular formula is C14H19NO3. The van der Waals surface area contributed by atoms with Gasteiger partial charge in [-0.25, -0.2) is 4.79 Å². The zero-order chi connectivity index (χ0) is 13.1. The fraction of sp³-hybridized carbons (Fsp3) is 0.500. The SMILES string of the molecule is Cc1cc(C(=O)O)ccc1NC1CCCCC1O. The first kappa shape index (κ1) is 12.9. The molecule has 4 heteroatoms. The molecule has 0 spiro atoms. The summed E-state index contributed by atoms with van der Waals surface area (Å²) in [6.45, 7) is 1.88. The number of rotatable bonds is 3. The number of nitrogens with one attached hydrogen (secondary N) is 1. The average Bonchev–Trinajstić information content (AvgIpc) is 2.34. The van der Waals surface area contributed by atoms with Crippen LogP contribution >= 0.6 is 0 Å². The number of hydrogen-bond donors (Lipinski definition) is 3. The maximum absolute atomic E-state index is 10.8. The molecule has 0 bridgehead atoms. The van der Waals surface area contributed by atoms with Gasteiger partial charge in [0.05, 0.1) is 17.7 Å². The molecule has 0 heterocycles. The van der Waals surface area contributed by atoms with Crippen LogP contribution in [-0.2, 0) is 0 Å². The average molecular weight is 249 g/mol. The molecule has 98 valence electrons. The lowest BCUT2D eigenvalue weighted by Gasteiger charge is -2.29. The molecule has 3 N–H and O–H groups in total. The standard InChI is InChI=1S/C14H19NO3/c1-9-8-10(14(17)18)6-7-11(9)15-12-4-2-3-5-13(12)16/h6-8,12-13,15-16H,2-5H2,1H3,(H,17,18). The lowest BCUT2D eigenvalue weighted by Crippen LogP contribution is -2.36. The normalized spacial score (nSPS) is 23.7. The summed E-state index contributed by atoms with van der Waals surface area (Å²) >= 11 is 0. The van der Waals surface area contributed by atoms with Crippen LogP contribution in [0.1, 0.15) is 41.6 Å². The van der Waals surface area contributed by atoms with Crippen LogP contribution in [0.15, 0.2) is 18.2 Å². The van der Waals surface area contributed by atoms with Gasteiger partial charge >= 0.3 is 5.97 Å². The molecule has 4 nitrogen and oxygen atoms in total. The van der Waals surface area contributed by atoms with Crippen LogP contribution in [0.2, 0.25) is 0 Å². The van der Waals surface area contributed by atoms with E-state index < -0.39 is 5.97 Å². The van der Waals surface area contributed by atoms with Gasteiger partial charge in [0.25, 0.3) is 0 Å². The van der Waals surface area contributed by atoms with E-state index >= 15 is 0 Å². The van der Waals surface area contributed by atoms with Crippen molar-refractivity contribution in [2.45, 2.75) is 44.8 Å². The minimum absolute atomic E-state index is 0.0770. The second-order valence-electron chi connectivity index (χ2n) is 4.94. The van der Waals surface area contributed by atoms with Gasteiger partial charge in [0.15, 0.2) is 0 Å². The predicted molar refractivity (Wildman–Crippen MR) is 70.0 cm³/mol. The Morgan fingerprint density at radius 1 is 1.33 bits per heavy atom. The fourth-order valence-corrected chi connectivity index (χ4v) is 2.44. The molecule has 1 fully saturated rings. The van der Waals surface area contributed by atoms with E-state index in [0.29, 0.717) is 5.56 Å². The smallest absolute Gasteiger partial charge is 0.335 e. The van der Waals surface area contributed by atoms with Crippen molar-refractivity contribution in [2.24, 2.45) is 0 Å². The lowest BCUT2D eigenvalue weighted by molar-refractivity contribution is 0.0696. The van der Waals surface area contributed by atoms with Gasteiger partial charge < -0.3 is 15.5 Å². The Labute approximate surface area is 107 Å². The van der Waals surface area contributed by atoms with Gasteiger partial charge in [-0.05, 0) is 43.5 Å². The topological polar surface area (TPSA) is 69.6 Å². The van der Waals surface area contributed by atoms with Gasteiger partial charge in [0.1, 0.15) is 0 Å². The first-order valence-corrected chi connectivity index (χ1v) is 6.36. The Hall–Kier alpha value is -1.55. The first-order chi connectivity index (χ1) is 8.58. The van der Waals surface area contributed by atoms with Gasteiger partial charge in [-0.2, -0.15) is 0 Å². The summed E-state index contributed by atoms with van der Waals surface area (Å²) < 4.78 is 0. The molecule has 0 saturated heterocycles. The van der Waals surface area contributed by atoms with Crippen molar-refractivity contribution in [3.8, 4) is 0 Å². The molecule has 2 unspecified atom stereocenters. The van der Waals surface area contributed by atoms with E-state index in [2.05, 4.69) is 5.32 Å². The number of carbonyl (C=O) groups is 1. The number of aryl methyl sites for hydroxylation is 1. The summed E-state index contributed by atoms with van der Waals surface area (Å²) in [6.07, 6.45) is 3.69. The highest BCUT2D eigenvalue weighted by Crippen LogP contribution is 2.24. The highest BCUT2D eigenvalue weighted by atomic mass is 16.4. The summed E-state index contributed by atoms with van der Waals surface area (Å²) in [4.78, 5) is 10.8. The monoisotopic (exact) mass is 249 g/mol. The molecule has 0 aromatic heterocycles. The first-order valence-electron chi connectivity index (χ1n) is 6.36. The van der Waals surface area contributed by atoms with Crippen LogP contribution in [0.3, 0.4) is 0 Å². The van der Waals surface area contributed by atoms with Crippen molar-refractivity contribution in [3.05, 3.63) is 29.3 Å². The Morgan fingerprint density at radius 2 is 2.06 bits per heavy atom. The Morgan fingerprint density at radius 3 is 2.67 bits per heavy atom. The van der Waals surface area contributed by atoms with E-state index in [1.165, 1.54) is 0 Å². The third kappa shape index (κ3) is 2.82. The van der Waals surface area contributed by atoms with E-state index in [4.69, 9.17) is 5.11 Å². The van der Waals surface area contributed by atoms with Crippen LogP contribution in [0.5, 0.6) is 0 Å². The maximum atomic E-state index is 10.8. The Balaban J connectivity index is 2.11. The second kappa shape index (κ2) is 5.40. The molecule has 1 aromatic rings. The van der Waals surface area contributed by atoms with Crippen molar-refractivity contribution >= 4 is 11.7 Å². The Bertz CT molecular complexity index is 445.